The Bertz CT molecular complexity index is 639. The fourth-order valence-electron chi connectivity index (χ4n) is 1.76. The number of hydrogen-bond acceptors (Lipinski definition) is 7. The Hall–Kier alpha value is -1.61. The Morgan fingerprint density at radius 2 is 2.29 bits per heavy atom. The highest BCUT2D eigenvalue weighted by atomic mass is 31.1. The van der Waals surface area contributed by atoms with Gasteiger partial charge in [-0.15, -0.1) is 0 Å². The van der Waals surface area contributed by atoms with Crippen LogP contribution in [0.4, 0.5) is 10.2 Å². The topological polar surface area (TPSA) is 125 Å². The van der Waals surface area contributed by atoms with E-state index < -0.39 is 27.3 Å². The SMILES string of the molecule is C[C@@H](O[C@@H](CF)CO[PH](=O)O)n1cnc2c(N)ncnc21. The molecule has 0 radical (unpaired) electrons. The molecule has 3 N–H and O–H groups in total. The summed E-state index contributed by atoms with van der Waals surface area (Å²) in [6, 6.07) is 0. The molecule has 9 nitrogen and oxygen atoms in total. The van der Waals surface area contributed by atoms with Crippen LogP contribution in [0.5, 0.6) is 0 Å². The molecule has 0 amide bonds. The Kier molecular flexibility index (Phi) is 5.18. The Morgan fingerprint density at radius 3 is 2.95 bits per heavy atom. The number of hydrogen-bond donors (Lipinski definition) is 2. The average Bonchev–Trinajstić information content (AvgIpc) is 2.88. The number of nitrogen functional groups attached to an aromatic ring is 1. The second-order valence-corrected chi connectivity index (χ2v) is 4.99. The zero-order chi connectivity index (χ0) is 15.4. The van der Waals surface area contributed by atoms with Crippen LogP contribution in [0.3, 0.4) is 0 Å². The molecule has 0 aliphatic carbocycles. The lowest BCUT2D eigenvalue weighted by Crippen LogP contribution is -2.25. The minimum Gasteiger partial charge on any atom is -0.382 e. The van der Waals surface area contributed by atoms with Crippen molar-refractivity contribution < 1.29 is 23.1 Å². The number of nitrogens with two attached hydrogens (primary N) is 1. The number of imidazole rings is 1. The van der Waals surface area contributed by atoms with Crippen LogP contribution >= 0.6 is 8.25 Å². The predicted octanol–water partition coefficient (Wildman–Crippen LogP) is 0.680. The van der Waals surface area contributed by atoms with Crippen LogP contribution in [0.2, 0.25) is 0 Å². The minimum atomic E-state index is -3.12. The van der Waals surface area contributed by atoms with E-state index in [9.17, 15) is 8.96 Å². The molecule has 0 saturated carbocycles. The second kappa shape index (κ2) is 6.90. The van der Waals surface area contributed by atoms with E-state index in [1.165, 1.54) is 12.7 Å². The molecule has 0 aromatic carbocycles. The number of anilines is 1. The van der Waals surface area contributed by atoms with Gasteiger partial charge in [0.1, 0.15) is 30.9 Å². The lowest BCUT2D eigenvalue weighted by Gasteiger charge is -2.20. The largest absolute Gasteiger partial charge is 0.382 e. The molecule has 1 unspecified atom stereocenters. The van der Waals surface area contributed by atoms with Gasteiger partial charge in [-0.2, -0.15) is 0 Å². The molecule has 0 aliphatic rings. The Balaban J connectivity index is 2.12. The summed E-state index contributed by atoms with van der Waals surface area (Å²) in [5, 5.41) is 0. The van der Waals surface area contributed by atoms with E-state index in [-0.39, 0.29) is 12.4 Å². The van der Waals surface area contributed by atoms with Crippen LogP contribution in [-0.4, -0.2) is 43.8 Å². The second-order valence-electron chi connectivity index (χ2n) is 4.17. The van der Waals surface area contributed by atoms with Gasteiger partial charge in [0.2, 0.25) is 0 Å². The van der Waals surface area contributed by atoms with E-state index in [0.29, 0.717) is 11.2 Å². The highest BCUT2D eigenvalue weighted by molar-refractivity contribution is 7.32. The number of ether oxygens (including phenoxy) is 1. The van der Waals surface area contributed by atoms with Crippen molar-refractivity contribution in [1.29, 1.82) is 0 Å². The van der Waals surface area contributed by atoms with E-state index >= 15 is 0 Å². The summed E-state index contributed by atoms with van der Waals surface area (Å²) in [6.07, 6.45) is 1.15. The summed E-state index contributed by atoms with van der Waals surface area (Å²) in [5.74, 6) is 0.232. The zero-order valence-electron chi connectivity index (χ0n) is 11.1. The van der Waals surface area contributed by atoms with Gasteiger partial charge >= 0.3 is 8.25 Å². The van der Waals surface area contributed by atoms with Crippen LogP contribution in [0.1, 0.15) is 13.2 Å². The maximum absolute atomic E-state index is 12.8. The first kappa shape index (κ1) is 15.8. The van der Waals surface area contributed by atoms with Crippen molar-refractivity contribution >= 4 is 25.2 Å². The lowest BCUT2D eigenvalue weighted by molar-refractivity contribution is -0.0681. The molecule has 0 fully saturated rings. The van der Waals surface area contributed by atoms with Crippen molar-refractivity contribution in [1.82, 2.24) is 19.5 Å². The van der Waals surface area contributed by atoms with E-state index in [1.807, 2.05) is 0 Å². The number of halogens is 1. The first-order valence-electron chi connectivity index (χ1n) is 6.03. The number of nitrogens with zero attached hydrogens (tertiary/aromatic N) is 4. The minimum absolute atomic E-state index is 0.232. The van der Waals surface area contributed by atoms with Crippen molar-refractivity contribution in [2.75, 3.05) is 19.0 Å². The predicted molar refractivity (Wildman–Crippen MR) is 72.5 cm³/mol. The third-order valence-corrected chi connectivity index (χ3v) is 3.15. The molecule has 2 aromatic heterocycles. The fraction of sp³-hybridized carbons (Fsp3) is 0.500. The number of alkyl halides is 1. The number of aromatic nitrogens is 4. The molecule has 0 saturated heterocycles. The summed E-state index contributed by atoms with van der Waals surface area (Å²) in [7, 11) is -3.12. The Labute approximate surface area is 119 Å². The summed E-state index contributed by atoms with van der Waals surface area (Å²) < 4.78 is 34.8. The fourth-order valence-corrected chi connectivity index (χ4v) is 2.09. The lowest BCUT2D eigenvalue weighted by atomic mass is 10.4. The standard InChI is InChI=1S/C10H15FN5O4P/c1-6(20-7(2-11)3-19-21(17)18)16-5-15-8-9(12)13-4-14-10(8)16/h4-7,21H,2-3H2,1H3,(H,17,18)(H2,12,13,14)/t6-,7+/m1/s1. The van der Waals surface area contributed by atoms with E-state index in [2.05, 4.69) is 19.5 Å². The van der Waals surface area contributed by atoms with Crippen molar-refractivity contribution in [3.63, 3.8) is 0 Å². The highest BCUT2D eigenvalue weighted by Crippen LogP contribution is 2.22. The summed E-state index contributed by atoms with van der Waals surface area (Å²) in [4.78, 5) is 20.5. The van der Waals surface area contributed by atoms with Gasteiger partial charge in [-0.3, -0.25) is 9.13 Å². The molecule has 2 heterocycles. The molecule has 2 aromatic rings. The van der Waals surface area contributed by atoms with Crippen molar-refractivity contribution in [3.05, 3.63) is 12.7 Å². The van der Waals surface area contributed by atoms with Crippen molar-refractivity contribution in [2.24, 2.45) is 0 Å². The third kappa shape index (κ3) is 3.73. The van der Waals surface area contributed by atoms with Crippen LogP contribution in [-0.2, 0) is 13.8 Å². The summed E-state index contributed by atoms with van der Waals surface area (Å²) in [6.45, 7) is 0.478. The molecule has 0 bridgehead atoms. The van der Waals surface area contributed by atoms with E-state index in [4.69, 9.17) is 15.4 Å². The summed E-state index contributed by atoms with van der Waals surface area (Å²) in [5.41, 5.74) is 6.54. The van der Waals surface area contributed by atoms with E-state index in [1.54, 1.807) is 11.5 Å². The highest BCUT2D eigenvalue weighted by Gasteiger charge is 2.18. The van der Waals surface area contributed by atoms with Gasteiger partial charge in [0.05, 0.1) is 12.9 Å². The molecule has 0 aliphatic heterocycles. The molecular weight excluding hydrogens is 304 g/mol. The zero-order valence-corrected chi connectivity index (χ0v) is 12.1. The van der Waals surface area contributed by atoms with Crippen LogP contribution < -0.4 is 5.73 Å². The molecule has 2 rings (SSSR count). The summed E-state index contributed by atoms with van der Waals surface area (Å²) >= 11 is 0. The number of fused-ring (bicyclic) bond motifs is 1. The molecule has 116 valence electrons. The maximum Gasteiger partial charge on any atom is 0.316 e. The maximum atomic E-state index is 12.8. The molecular formula is C10H15FN5O4P. The van der Waals surface area contributed by atoms with Crippen LogP contribution in [0.15, 0.2) is 12.7 Å². The van der Waals surface area contributed by atoms with Gasteiger partial charge in [0.25, 0.3) is 0 Å². The number of rotatable bonds is 7. The molecule has 11 heteroatoms. The van der Waals surface area contributed by atoms with Crippen molar-refractivity contribution in [3.8, 4) is 0 Å². The van der Waals surface area contributed by atoms with Crippen LogP contribution in [0.25, 0.3) is 11.2 Å². The normalized spacial score (nSPS) is 16.0. The van der Waals surface area contributed by atoms with Gasteiger partial charge in [-0.1, -0.05) is 0 Å². The van der Waals surface area contributed by atoms with Gasteiger partial charge in [-0.25, -0.2) is 19.3 Å². The quantitative estimate of drug-likeness (QED) is 0.714. The van der Waals surface area contributed by atoms with Gasteiger partial charge in [0, 0.05) is 0 Å². The van der Waals surface area contributed by atoms with Gasteiger partial charge in [0.15, 0.2) is 11.5 Å². The third-order valence-electron chi connectivity index (χ3n) is 2.73. The van der Waals surface area contributed by atoms with Gasteiger partial charge in [-0.05, 0) is 6.92 Å². The first-order valence-corrected chi connectivity index (χ1v) is 7.29. The molecule has 3 atom stereocenters. The smallest absolute Gasteiger partial charge is 0.316 e. The monoisotopic (exact) mass is 319 g/mol. The molecule has 21 heavy (non-hydrogen) atoms. The average molecular weight is 319 g/mol. The van der Waals surface area contributed by atoms with E-state index in [0.717, 1.165) is 0 Å². The van der Waals surface area contributed by atoms with Crippen molar-refractivity contribution in [2.45, 2.75) is 19.3 Å². The first-order chi connectivity index (χ1) is 10.0. The van der Waals surface area contributed by atoms with Crippen LogP contribution in [0, 0.1) is 0 Å². The molecule has 0 spiro atoms. The van der Waals surface area contributed by atoms with Gasteiger partial charge < -0.3 is 19.9 Å². The Morgan fingerprint density at radius 1 is 1.52 bits per heavy atom.